The maximum Gasteiger partial charge on any atom is 0.317 e. The molecule has 2 amide bonds. The second-order valence-electron chi connectivity index (χ2n) is 5.93. The number of carbonyl (C=O) groups excluding carboxylic acids is 1. The molecule has 1 fully saturated rings. The first-order valence-corrected chi connectivity index (χ1v) is 7.85. The van der Waals surface area contributed by atoms with Crippen LogP contribution >= 0.6 is 0 Å². The average molecular weight is 290 g/mol. The van der Waals surface area contributed by atoms with E-state index in [0.717, 1.165) is 24.5 Å². The van der Waals surface area contributed by atoms with Gasteiger partial charge < -0.3 is 15.0 Å². The third-order valence-electron chi connectivity index (χ3n) is 4.17. The number of nitrogens with zero attached hydrogens (tertiary/aromatic N) is 1. The van der Waals surface area contributed by atoms with Gasteiger partial charge in [0.05, 0.1) is 6.54 Å². The summed E-state index contributed by atoms with van der Waals surface area (Å²) in [5.74, 6) is 1.56. The van der Waals surface area contributed by atoms with Crippen molar-refractivity contribution in [3.05, 3.63) is 30.3 Å². The lowest BCUT2D eigenvalue weighted by Gasteiger charge is -2.34. The van der Waals surface area contributed by atoms with E-state index in [2.05, 4.69) is 12.2 Å². The van der Waals surface area contributed by atoms with Crippen molar-refractivity contribution < 1.29 is 9.53 Å². The zero-order valence-corrected chi connectivity index (χ0v) is 13.0. The zero-order chi connectivity index (χ0) is 15.1. The number of para-hydroxylation sites is 1. The van der Waals surface area contributed by atoms with Gasteiger partial charge in [0.15, 0.2) is 0 Å². The standard InChI is InChI=1S/C17H26N2O2/c1-14-7-6-8-15(13-14)19(2)17(20)18-11-12-21-16-9-4-3-5-10-16/h3-5,9-10,14-15H,6-8,11-13H2,1-2H3,(H,18,20). The highest BCUT2D eigenvalue weighted by Crippen LogP contribution is 2.26. The van der Waals surface area contributed by atoms with Crippen LogP contribution < -0.4 is 10.1 Å². The second kappa shape index (κ2) is 7.91. The molecule has 1 N–H and O–H groups in total. The first-order valence-electron chi connectivity index (χ1n) is 7.85. The molecule has 0 aliphatic heterocycles. The van der Waals surface area contributed by atoms with Crippen LogP contribution in [0.4, 0.5) is 4.79 Å². The highest BCUT2D eigenvalue weighted by molar-refractivity contribution is 5.74. The van der Waals surface area contributed by atoms with Crippen molar-refractivity contribution in [2.24, 2.45) is 5.92 Å². The molecule has 0 bridgehead atoms. The Kier molecular flexibility index (Phi) is 5.90. The van der Waals surface area contributed by atoms with E-state index in [1.54, 1.807) is 0 Å². The summed E-state index contributed by atoms with van der Waals surface area (Å²) in [6.07, 6.45) is 4.75. The summed E-state index contributed by atoms with van der Waals surface area (Å²) in [5.41, 5.74) is 0. The normalized spacial score (nSPS) is 21.6. The van der Waals surface area contributed by atoms with E-state index in [9.17, 15) is 4.79 Å². The van der Waals surface area contributed by atoms with E-state index in [-0.39, 0.29) is 6.03 Å². The van der Waals surface area contributed by atoms with Crippen LogP contribution in [0.2, 0.25) is 0 Å². The minimum atomic E-state index is 0.00533. The lowest BCUT2D eigenvalue weighted by Crippen LogP contribution is -2.46. The number of urea groups is 1. The molecule has 21 heavy (non-hydrogen) atoms. The molecule has 0 aromatic heterocycles. The molecule has 0 spiro atoms. The number of nitrogens with one attached hydrogen (secondary N) is 1. The van der Waals surface area contributed by atoms with Crippen LogP contribution in [0.25, 0.3) is 0 Å². The SMILES string of the molecule is CC1CCCC(N(C)C(=O)NCCOc2ccccc2)C1. The minimum absolute atomic E-state index is 0.00533. The summed E-state index contributed by atoms with van der Waals surface area (Å²) in [4.78, 5) is 14.0. The summed E-state index contributed by atoms with van der Waals surface area (Å²) in [6.45, 7) is 3.29. The summed E-state index contributed by atoms with van der Waals surface area (Å²) in [6, 6.07) is 10.0. The predicted octanol–water partition coefficient (Wildman–Crippen LogP) is 3.29. The number of benzene rings is 1. The molecular weight excluding hydrogens is 264 g/mol. The van der Waals surface area contributed by atoms with Crippen molar-refractivity contribution in [3.63, 3.8) is 0 Å². The third kappa shape index (κ3) is 4.96. The topological polar surface area (TPSA) is 41.6 Å². The molecule has 1 aliphatic carbocycles. The molecule has 1 saturated carbocycles. The van der Waals surface area contributed by atoms with E-state index in [4.69, 9.17) is 4.74 Å². The van der Waals surface area contributed by atoms with Gasteiger partial charge in [-0.05, 0) is 30.9 Å². The van der Waals surface area contributed by atoms with Crippen LogP contribution in [-0.2, 0) is 0 Å². The van der Waals surface area contributed by atoms with E-state index in [0.29, 0.717) is 19.2 Å². The van der Waals surface area contributed by atoms with Gasteiger partial charge in [0.25, 0.3) is 0 Å². The molecule has 4 nitrogen and oxygen atoms in total. The molecule has 0 heterocycles. The maximum atomic E-state index is 12.1. The Balaban J connectivity index is 1.66. The Morgan fingerprint density at radius 2 is 2.10 bits per heavy atom. The van der Waals surface area contributed by atoms with Crippen LogP contribution in [0.15, 0.2) is 30.3 Å². The quantitative estimate of drug-likeness (QED) is 0.846. The van der Waals surface area contributed by atoms with Crippen molar-refractivity contribution in [2.45, 2.75) is 38.6 Å². The van der Waals surface area contributed by atoms with Gasteiger partial charge in [0.1, 0.15) is 12.4 Å². The first kappa shape index (κ1) is 15.7. The minimum Gasteiger partial charge on any atom is -0.492 e. The predicted molar refractivity (Wildman–Crippen MR) is 84.5 cm³/mol. The van der Waals surface area contributed by atoms with Gasteiger partial charge >= 0.3 is 6.03 Å². The fourth-order valence-electron chi connectivity index (χ4n) is 2.89. The van der Waals surface area contributed by atoms with Crippen molar-refractivity contribution in [1.82, 2.24) is 10.2 Å². The number of hydrogen-bond donors (Lipinski definition) is 1. The van der Waals surface area contributed by atoms with Crippen LogP contribution in [-0.4, -0.2) is 37.2 Å². The highest BCUT2D eigenvalue weighted by Gasteiger charge is 2.25. The van der Waals surface area contributed by atoms with Gasteiger partial charge in [-0.15, -0.1) is 0 Å². The molecule has 1 aromatic rings. The van der Waals surface area contributed by atoms with Crippen LogP contribution in [0.3, 0.4) is 0 Å². The lowest BCUT2D eigenvalue weighted by molar-refractivity contribution is 0.159. The van der Waals surface area contributed by atoms with Crippen molar-refractivity contribution >= 4 is 6.03 Å². The fraction of sp³-hybridized carbons (Fsp3) is 0.588. The Bertz CT molecular complexity index is 436. The number of ether oxygens (including phenoxy) is 1. The van der Waals surface area contributed by atoms with E-state index >= 15 is 0 Å². The Morgan fingerprint density at radius 3 is 2.81 bits per heavy atom. The number of rotatable bonds is 5. The van der Waals surface area contributed by atoms with Crippen molar-refractivity contribution in [1.29, 1.82) is 0 Å². The lowest BCUT2D eigenvalue weighted by atomic mass is 9.86. The molecule has 4 heteroatoms. The molecule has 0 radical (unpaired) electrons. The molecule has 116 valence electrons. The van der Waals surface area contributed by atoms with E-state index in [1.165, 1.54) is 12.8 Å². The van der Waals surface area contributed by atoms with Crippen LogP contribution in [0, 0.1) is 5.92 Å². The second-order valence-corrected chi connectivity index (χ2v) is 5.93. The Hall–Kier alpha value is -1.71. The fourth-order valence-corrected chi connectivity index (χ4v) is 2.89. The Morgan fingerprint density at radius 1 is 1.33 bits per heavy atom. The molecule has 0 saturated heterocycles. The molecule has 1 aliphatic rings. The summed E-state index contributed by atoms with van der Waals surface area (Å²) >= 11 is 0. The van der Waals surface area contributed by atoms with Gasteiger partial charge in [-0.2, -0.15) is 0 Å². The summed E-state index contributed by atoms with van der Waals surface area (Å²) in [5, 5.41) is 2.93. The highest BCUT2D eigenvalue weighted by atomic mass is 16.5. The van der Waals surface area contributed by atoms with E-state index < -0.39 is 0 Å². The van der Waals surface area contributed by atoms with Gasteiger partial charge in [-0.1, -0.05) is 38.0 Å². The van der Waals surface area contributed by atoms with Gasteiger partial charge in [-0.3, -0.25) is 0 Å². The van der Waals surface area contributed by atoms with Gasteiger partial charge in [0, 0.05) is 13.1 Å². The summed E-state index contributed by atoms with van der Waals surface area (Å²) < 4.78 is 5.57. The largest absolute Gasteiger partial charge is 0.492 e. The smallest absolute Gasteiger partial charge is 0.317 e. The first-order chi connectivity index (χ1) is 10.2. The third-order valence-corrected chi connectivity index (χ3v) is 4.17. The van der Waals surface area contributed by atoms with Crippen LogP contribution in [0.1, 0.15) is 32.6 Å². The zero-order valence-electron chi connectivity index (χ0n) is 13.0. The maximum absolute atomic E-state index is 12.1. The molecule has 1 aromatic carbocycles. The molecular formula is C17H26N2O2. The van der Waals surface area contributed by atoms with Gasteiger partial charge in [0.2, 0.25) is 0 Å². The molecule has 2 rings (SSSR count). The van der Waals surface area contributed by atoms with Crippen molar-refractivity contribution in [2.75, 3.05) is 20.2 Å². The van der Waals surface area contributed by atoms with Crippen LogP contribution in [0.5, 0.6) is 5.75 Å². The van der Waals surface area contributed by atoms with E-state index in [1.807, 2.05) is 42.3 Å². The molecule has 2 atom stereocenters. The number of amides is 2. The van der Waals surface area contributed by atoms with Gasteiger partial charge in [-0.25, -0.2) is 4.79 Å². The summed E-state index contributed by atoms with van der Waals surface area (Å²) in [7, 11) is 1.90. The Labute approximate surface area is 127 Å². The number of carbonyl (C=O) groups is 1. The number of hydrogen-bond acceptors (Lipinski definition) is 2. The average Bonchev–Trinajstić information content (AvgIpc) is 2.51. The molecule has 2 unspecified atom stereocenters. The van der Waals surface area contributed by atoms with Crippen molar-refractivity contribution in [3.8, 4) is 5.75 Å². The monoisotopic (exact) mass is 290 g/mol.